The third-order valence-electron chi connectivity index (χ3n) is 2.29. The fraction of sp³-hybridized carbons (Fsp3) is 0.0769. The molecule has 0 saturated carbocycles. The highest BCUT2D eigenvalue weighted by atomic mass is 79.9. The normalized spacial score (nSPS) is 12.8. The van der Waals surface area contributed by atoms with Crippen LogP contribution in [0.25, 0.3) is 0 Å². The van der Waals surface area contributed by atoms with E-state index in [0.717, 1.165) is 10.0 Å². The largest absolute Gasteiger partial charge is 0.249 e. The van der Waals surface area contributed by atoms with Crippen LogP contribution in [0.2, 0.25) is 0 Å². The maximum Gasteiger partial charge on any atom is 0.227 e. The molecular weight excluding hydrogens is 296 g/mol. The Morgan fingerprint density at radius 1 is 1.00 bits per heavy atom. The molecule has 0 bridgehead atoms. The third-order valence-corrected chi connectivity index (χ3v) is 2.82. The van der Waals surface area contributed by atoms with Gasteiger partial charge in [0, 0.05) is 10.0 Å². The van der Waals surface area contributed by atoms with Gasteiger partial charge in [-0.05, 0) is 24.3 Å². The fourth-order valence-electron chi connectivity index (χ4n) is 1.39. The van der Waals surface area contributed by atoms with Gasteiger partial charge in [-0.3, -0.25) is 0 Å². The molecule has 1 unspecified atom stereocenters. The van der Waals surface area contributed by atoms with Crippen molar-refractivity contribution >= 4 is 21.6 Å². The van der Waals surface area contributed by atoms with Crippen molar-refractivity contribution in [2.24, 2.45) is 10.2 Å². The van der Waals surface area contributed by atoms with Gasteiger partial charge >= 0.3 is 0 Å². The van der Waals surface area contributed by atoms with Crippen molar-refractivity contribution in [1.29, 1.82) is 0 Å². The van der Waals surface area contributed by atoms with Crippen LogP contribution in [-0.2, 0) is 4.89 Å². The van der Waals surface area contributed by atoms with Gasteiger partial charge in [0.2, 0.25) is 6.23 Å². The van der Waals surface area contributed by atoms with E-state index >= 15 is 0 Å². The summed E-state index contributed by atoms with van der Waals surface area (Å²) < 4.78 is 0.947. The van der Waals surface area contributed by atoms with Crippen molar-refractivity contribution in [3.8, 4) is 0 Å². The van der Waals surface area contributed by atoms with Crippen LogP contribution in [0.4, 0.5) is 5.69 Å². The van der Waals surface area contributed by atoms with Crippen LogP contribution in [0.3, 0.4) is 0 Å². The van der Waals surface area contributed by atoms with Gasteiger partial charge in [0.25, 0.3) is 0 Å². The Balaban J connectivity index is 2.15. The van der Waals surface area contributed by atoms with Crippen LogP contribution in [0, 0.1) is 0 Å². The summed E-state index contributed by atoms with van der Waals surface area (Å²) >= 11 is 3.33. The highest BCUT2D eigenvalue weighted by Crippen LogP contribution is 2.22. The quantitative estimate of drug-likeness (QED) is 0.505. The summed E-state index contributed by atoms with van der Waals surface area (Å²) in [5.41, 5.74) is 1.43. The lowest BCUT2D eigenvalue weighted by atomic mass is 10.2. The maximum absolute atomic E-state index is 8.86. The molecule has 0 spiro atoms. The van der Waals surface area contributed by atoms with E-state index in [0.29, 0.717) is 5.69 Å². The van der Waals surface area contributed by atoms with Gasteiger partial charge in [-0.2, -0.15) is 5.11 Å². The molecule has 0 fully saturated rings. The van der Waals surface area contributed by atoms with Crippen molar-refractivity contribution in [3.63, 3.8) is 0 Å². The minimum atomic E-state index is -0.821. The Morgan fingerprint density at radius 3 is 2.28 bits per heavy atom. The summed E-state index contributed by atoms with van der Waals surface area (Å²) in [6.45, 7) is 0. The SMILES string of the molecule is OOC(N=Nc1ccccc1)c1ccc(Br)cc1. The minimum Gasteiger partial charge on any atom is -0.249 e. The van der Waals surface area contributed by atoms with Crippen LogP contribution in [0.1, 0.15) is 11.8 Å². The molecule has 0 amide bonds. The molecule has 0 aromatic heterocycles. The molecule has 0 saturated heterocycles. The molecule has 2 aromatic carbocycles. The Bertz CT molecular complexity index is 514. The summed E-state index contributed by atoms with van der Waals surface area (Å²) in [6, 6.07) is 16.6. The molecule has 2 rings (SSSR count). The van der Waals surface area contributed by atoms with Crippen molar-refractivity contribution in [2.45, 2.75) is 6.23 Å². The fourth-order valence-corrected chi connectivity index (χ4v) is 1.65. The highest BCUT2D eigenvalue weighted by Gasteiger charge is 2.10. The minimum absolute atomic E-state index is 0.705. The first kappa shape index (κ1) is 12.9. The van der Waals surface area contributed by atoms with E-state index in [4.69, 9.17) is 5.26 Å². The Labute approximate surface area is 113 Å². The van der Waals surface area contributed by atoms with Crippen LogP contribution in [0.15, 0.2) is 69.3 Å². The molecule has 1 N–H and O–H groups in total. The van der Waals surface area contributed by atoms with Crippen LogP contribution in [-0.4, -0.2) is 5.26 Å². The number of halogens is 1. The van der Waals surface area contributed by atoms with Crippen molar-refractivity contribution in [1.82, 2.24) is 0 Å². The number of azo groups is 1. The zero-order valence-corrected chi connectivity index (χ0v) is 11.0. The molecule has 0 aliphatic carbocycles. The number of hydrogen-bond acceptors (Lipinski definition) is 4. The first-order chi connectivity index (χ1) is 8.79. The Kier molecular flexibility index (Phi) is 4.58. The van der Waals surface area contributed by atoms with Crippen LogP contribution in [0.5, 0.6) is 0 Å². The second kappa shape index (κ2) is 6.39. The molecule has 18 heavy (non-hydrogen) atoms. The molecular formula is C13H11BrN2O2. The van der Waals surface area contributed by atoms with Crippen molar-refractivity contribution in [2.75, 3.05) is 0 Å². The number of hydrogen-bond donors (Lipinski definition) is 1. The summed E-state index contributed by atoms with van der Waals surface area (Å²) in [5, 5.41) is 16.8. The molecule has 92 valence electrons. The lowest BCUT2D eigenvalue weighted by Crippen LogP contribution is -1.97. The van der Waals surface area contributed by atoms with Gasteiger partial charge in [-0.15, -0.1) is 5.11 Å². The van der Waals surface area contributed by atoms with E-state index in [-0.39, 0.29) is 0 Å². The van der Waals surface area contributed by atoms with E-state index < -0.39 is 6.23 Å². The highest BCUT2D eigenvalue weighted by molar-refractivity contribution is 9.10. The Morgan fingerprint density at radius 2 is 1.67 bits per heavy atom. The monoisotopic (exact) mass is 306 g/mol. The smallest absolute Gasteiger partial charge is 0.227 e. The molecule has 0 aliphatic heterocycles. The molecule has 5 heteroatoms. The van der Waals surface area contributed by atoms with Gasteiger partial charge in [-0.1, -0.05) is 46.3 Å². The molecule has 0 radical (unpaired) electrons. The Hall–Kier alpha value is -1.56. The van der Waals surface area contributed by atoms with Gasteiger partial charge in [0.15, 0.2) is 0 Å². The van der Waals surface area contributed by atoms with Crippen molar-refractivity contribution in [3.05, 3.63) is 64.6 Å². The lowest BCUT2D eigenvalue weighted by molar-refractivity contribution is -0.281. The topological polar surface area (TPSA) is 54.2 Å². The molecule has 0 heterocycles. The summed E-state index contributed by atoms with van der Waals surface area (Å²) in [6.07, 6.45) is -0.821. The molecule has 4 nitrogen and oxygen atoms in total. The maximum atomic E-state index is 8.86. The average Bonchev–Trinajstić information content (AvgIpc) is 2.42. The zero-order chi connectivity index (χ0) is 12.8. The number of nitrogens with zero attached hydrogens (tertiary/aromatic N) is 2. The van der Waals surface area contributed by atoms with Gasteiger partial charge in [-0.25, -0.2) is 10.1 Å². The summed E-state index contributed by atoms with van der Waals surface area (Å²) in [4.78, 5) is 4.32. The predicted octanol–water partition coefficient (Wildman–Crippen LogP) is 4.72. The molecule has 0 aliphatic rings. The van der Waals surface area contributed by atoms with Crippen LogP contribution >= 0.6 is 15.9 Å². The second-order valence-corrected chi connectivity index (χ2v) is 4.48. The zero-order valence-electron chi connectivity index (χ0n) is 9.40. The number of benzene rings is 2. The first-order valence-electron chi connectivity index (χ1n) is 5.31. The first-order valence-corrected chi connectivity index (χ1v) is 6.10. The van der Waals surface area contributed by atoms with E-state index in [1.165, 1.54) is 0 Å². The standard InChI is InChI=1S/C13H11BrN2O2/c14-11-8-6-10(7-9-11)13(18-17)16-15-12-4-2-1-3-5-12/h1-9,13,17H. The molecule has 2 aromatic rings. The van der Waals surface area contributed by atoms with Gasteiger partial charge < -0.3 is 0 Å². The van der Waals surface area contributed by atoms with E-state index in [1.54, 1.807) is 12.1 Å². The van der Waals surface area contributed by atoms with E-state index in [2.05, 4.69) is 31.0 Å². The van der Waals surface area contributed by atoms with Crippen molar-refractivity contribution < 1.29 is 10.1 Å². The second-order valence-electron chi connectivity index (χ2n) is 3.56. The summed E-state index contributed by atoms with van der Waals surface area (Å²) in [7, 11) is 0. The van der Waals surface area contributed by atoms with E-state index in [1.807, 2.05) is 42.5 Å². The number of rotatable bonds is 4. The lowest BCUT2D eigenvalue weighted by Gasteiger charge is -2.07. The molecule has 1 atom stereocenters. The van der Waals surface area contributed by atoms with Gasteiger partial charge in [0.1, 0.15) is 0 Å². The van der Waals surface area contributed by atoms with Gasteiger partial charge in [0.05, 0.1) is 5.69 Å². The third kappa shape index (κ3) is 3.46. The van der Waals surface area contributed by atoms with E-state index in [9.17, 15) is 0 Å². The summed E-state index contributed by atoms with van der Waals surface area (Å²) in [5.74, 6) is 0. The van der Waals surface area contributed by atoms with Crippen LogP contribution < -0.4 is 0 Å². The average molecular weight is 307 g/mol. The predicted molar refractivity (Wildman–Crippen MR) is 71.6 cm³/mol.